The fourth-order valence-electron chi connectivity index (χ4n) is 4.13. The summed E-state index contributed by atoms with van der Waals surface area (Å²) in [4.78, 5) is 51.6. The number of ether oxygens (including phenoxy) is 1. The molecule has 32 heavy (non-hydrogen) atoms. The molecule has 1 unspecified atom stereocenters. The summed E-state index contributed by atoms with van der Waals surface area (Å²) in [5.41, 5.74) is 0.567. The average Bonchev–Trinajstić information content (AvgIpc) is 3.02. The van der Waals surface area contributed by atoms with Gasteiger partial charge in [-0.05, 0) is 61.2 Å². The van der Waals surface area contributed by atoms with Gasteiger partial charge in [0.2, 0.25) is 5.91 Å². The fourth-order valence-corrected chi connectivity index (χ4v) is 4.13. The number of carbonyl (C=O) groups is 3. The molecule has 2 aliphatic heterocycles. The fraction of sp³-hybridized carbons (Fsp3) is 0.318. The van der Waals surface area contributed by atoms with Crippen LogP contribution in [0.2, 0.25) is 0 Å². The molecule has 0 aliphatic carbocycles. The molecule has 10 heteroatoms. The van der Waals surface area contributed by atoms with Gasteiger partial charge in [0.1, 0.15) is 17.8 Å². The molecule has 0 spiro atoms. The number of nitro groups is 1. The highest BCUT2D eigenvalue weighted by Gasteiger charge is 2.50. The molecule has 2 heterocycles. The number of aryl methyl sites for hydroxylation is 1. The van der Waals surface area contributed by atoms with Crippen molar-refractivity contribution in [2.75, 3.05) is 25.1 Å². The quantitative estimate of drug-likeness (QED) is 0.434. The highest BCUT2D eigenvalue weighted by atomic mass is 16.6. The Bertz CT molecular complexity index is 1120. The number of nitrogens with one attached hydrogen (secondary N) is 1. The van der Waals surface area contributed by atoms with Crippen LogP contribution in [-0.4, -0.2) is 47.9 Å². The number of urea groups is 1. The normalized spacial score (nSPS) is 20.1. The van der Waals surface area contributed by atoms with Crippen LogP contribution in [0.1, 0.15) is 24.5 Å². The van der Waals surface area contributed by atoms with Crippen molar-refractivity contribution in [1.82, 2.24) is 10.2 Å². The number of rotatable bonds is 5. The van der Waals surface area contributed by atoms with Crippen molar-refractivity contribution in [1.29, 1.82) is 0 Å². The molecule has 0 aromatic heterocycles. The van der Waals surface area contributed by atoms with Gasteiger partial charge in [0.15, 0.2) is 0 Å². The van der Waals surface area contributed by atoms with Crippen LogP contribution in [0.5, 0.6) is 5.75 Å². The molecular formula is C22H22N4O6. The number of nitro benzene ring substituents is 1. The Morgan fingerprint density at radius 2 is 1.94 bits per heavy atom. The number of fused-ring (bicyclic) bond motifs is 1. The van der Waals surface area contributed by atoms with E-state index in [0.717, 1.165) is 29.0 Å². The summed E-state index contributed by atoms with van der Waals surface area (Å²) in [6.07, 6.45) is 1.56. The molecular weight excluding hydrogens is 416 g/mol. The molecule has 0 radical (unpaired) electrons. The number of carbonyl (C=O) groups excluding carboxylic acids is 3. The molecule has 2 aromatic rings. The van der Waals surface area contributed by atoms with Crippen molar-refractivity contribution >= 4 is 29.2 Å². The number of amides is 4. The van der Waals surface area contributed by atoms with Gasteiger partial charge in [-0.2, -0.15) is 0 Å². The molecule has 166 valence electrons. The number of benzene rings is 2. The van der Waals surface area contributed by atoms with Gasteiger partial charge in [-0.15, -0.1) is 0 Å². The third kappa shape index (κ3) is 3.53. The minimum atomic E-state index is -1.42. The molecule has 10 nitrogen and oxygen atoms in total. The van der Waals surface area contributed by atoms with Crippen molar-refractivity contribution in [2.24, 2.45) is 0 Å². The van der Waals surface area contributed by atoms with Gasteiger partial charge >= 0.3 is 6.03 Å². The summed E-state index contributed by atoms with van der Waals surface area (Å²) in [6.45, 7) is 1.60. The Morgan fingerprint density at radius 1 is 1.22 bits per heavy atom. The summed E-state index contributed by atoms with van der Waals surface area (Å²) in [5.74, 6) is -0.254. The van der Waals surface area contributed by atoms with Gasteiger partial charge in [-0.25, -0.2) is 4.79 Å². The van der Waals surface area contributed by atoms with Crippen LogP contribution in [0.4, 0.5) is 16.2 Å². The summed E-state index contributed by atoms with van der Waals surface area (Å²) >= 11 is 0. The first-order chi connectivity index (χ1) is 15.2. The van der Waals surface area contributed by atoms with Crippen molar-refractivity contribution in [2.45, 2.75) is 25.3 Å². The second-order valence-electron chi connectivity index (χ2n) is 7.89. The maximum absolute atomic E-state index is 13.1. The SMILES string of the molecule is COc1ccc2c(c1)CCCN2C(=O)CN1C(=O)NC(C)(c2ccc([N+](=O)[O-])cc2)C1=O. The summed E-state index contributed by atoms with van der Waals surface area (Å²) < 4.78 is 5.25. The second kappa shape index (κ2) is 7.95. The lowest BCUT2D eigenvalue weighted by Crippen LogP contribution is -2.46. The van der Waals surface area contributed by atoms with Crippen LogP contribution in [-0.2, 0) is 21.5 Å². The van der Waals surface area contributed by atoms with E-state index in [-0.39, 0.29) is 11.6 Å². The minimum absolute atomic E-state index is 0.124. The zero-order chi connectivity index (χ0) is 23.0. The number of non-ortho nitro benzene ring substituents is 1. The Labute approximate surface area is 183 Å². The predicted octanol–water partition coefficient (Wildman–Crippen LogP) is 2.35. The Balaban J connectivity index is 1.54. The summed E-state index contributed by atoms with van der Waals surface area (Å²) in [5, 5.41) is 13.5. The Hall–Kier alpha value is -3.95. The van der Waals surface area contributed by atoms with E-state index in [2.05, 4.69) is 5.32 Å². The molecule has 2 aromatic carbocycles. The monoisotopic (exact) mass is 438 g/mol. The molecule has 0 saturated carbocycles. The van der Waals surface area contributed by atoms with Crippen molar-refractivity contribution in [3.63, 3.8) is 0 Å². The molecule has 1 N–H and O–H groups in total. The van der Waals surface area contributed by atoms with Crippen molar-refractivity contribution in [3.8, 4) is 5.75 Å². The average molecular weight is 438 g/mol. The number of hydrogen-bond acceptors (Lipinski definition) is 6. The number of anilines is 1. The van der Waals surface area contributed by atoms with Gasteiger partial charge < -0.3 is 15.0 Å². The first-order valence-corrected chi connectivity index (χ1v) is 10.1. The van der Waals surface area contributed by atoms with E-state index in [1.807, 2.05) is 6.07 Å². The van der Waals surface area contributed by atoms with Crippen LogP contribution in [0, 0.1) is 10.1 Å². The first kappa shape index (κ1) is 21.3. The van der Waals surface area contributed by atoms with E-state index in [4.69, 9.17) is 4.74 Å². The topological polar surface area (TPSA) is 122 Å². The number of methoxy groups -OCH3 is 1. The molecule has 4 amide bonds. The number of hydrogen-bond donors (Lipinski definition) is 1. The smallest absolute Gasteiger partial charge is 0.325 e. The van der Waals surface area contributed by atoms with E-state index in [9.17, 15) is 24.5 Å². The van der Waals surface area contributed by atoms with Crippen molar-refractivity contribution in [3.05, 3.63) is 63.7 Å². The van der Waals surface area contributed by atoms with E-state index < -0.39 is 28.9 Å². The van der Waals surface area contributed by atoms with E-state index in [1.54, 1.807) is 24.1 Å². The second-order valence-corrected chi connectivity index (χ2v) is 7.89. The molecule has 1 saturated heterocycles. The maximum atomic E-state index is 13.1. The minimum Gasteiger partial charge on any atom is -0.497 e. The van der Waals surface area contributed by atoms with Crippen LogP contribution in [0.25, 0.3) is 0 Å². The van der Waals surface area contributed by atoms with Gasteiger partial charge in [-0.1, -0.05) is 0 Å². The summed E-state index contributed by atoms with van der Waals surface area (Å²) in [7, 11) is 1.58. The van der Waals surface area contributed by atoms with E-state index >= 15 is 0 Å². The molecule has 1 fully saturated rings. The lowest BCUT2D eigenvalue weighted by molar-refractivity contribution is -0.384. The van der Waals surface area contributed by atoms with Crippen molar-refractivity contribution < 1.29 is 24.0 Å². The standard InChI is InChI=1S/C22H22N4O6/c1-22(15-5-7-16(8-6-15)26(30)31)20(28)25(21(29)23-22)13-19(27)24-11-3-4-14-12-17(32-2)9-10-18(14)24/h5-10,12H,3-4,11,13H2,1-2H3,(H,23,29). The predicted molar refractivity (Wildman–Crippen MR) is 114 cm³/mol. The summed E-state index contributed by atoms with van der Waals surface area (Å²) in [6, 6.07) is 10.2. The van der Waals surface area contributed by atoms with Crippen LogP contribution < -0.4 is 15.0 Å². The lowest BCUT2D eigenvalue weighted by atomic mass is 9.92. The lowest BCUT2D eigenvalue weighted by Gasteiger charge is -2.31. The zero-order valence-corrected chi connectivity index (χ0v) is 17.7. The Morgan fingerprint density at radius 3 is 2.59 bits per heavy atom. The highest BCUT2D eigenvalue weighted by Crippen LogP contribution is 2.32. The van der Waals surface area contributed by atoms with Crippen LogP contribution >= 0.6 is 0 Å². The zero-order valence-electron chi connectivity index (χ0n) is 17.7. The van der Waals surface area contributed by atoms with E-state index in [1.165, 1.54) is 31.2 Å². The molecule has 0 bridgehead atoms. The maximum Gasteiger partial charge on any atom is 0.325 e. The molecule has 4 rings (SSSR count). The third-order valence-electron chi connectivity index (χ3n) is 5.93. The van der Waals surface area contributed by atoms with Crippen LogP contribution in [0.3, 0.4) is 0 Å². The largest absolute Gasteiger partial charge is 0.497 e. The van der Waals surface area contributed by atoms with E-state index in [0.29, 0.717) is 17.9 Å². The third-order valence-corrected chi connectivity index (χ3v) is 5.93. The highest BCUT2D eigenvalue weighted by molar-refractivity contribution is 6.10. The van der Waals surface area contributed by atoms with Gasteiger partial charge in [0.25, 0.3) is 11.6 Å². The van der Waals surface area contributed by atoms with Gasteiger partial charge in [0.05, 0.1) is 12.0 Å². The number of nitrogens with zero attached hydrogens (tertiary/aromatic N) is 3. The van der Waals surface area contributed by atoms with Gasteiger partial charge in [0, 0.05) is 24.4 Å². The molecule has 2 aliphatic rings. The Kier molecular flexibility index (Phi) is 5.29. The van der Waals surface area contributed by atoms with Crippen LogP contribution in [0.15, 0.2) is 42.5 Å². The first-order valence-electron chi connectivity index (χ1n) is 10.1. The molecule has 1 atom stereocenters. The van der Waals surface area contributed by atoms with Gasteiger partial charge in [-0.3, -0.25) is 24.6 Å². The number of imide groups is 1.